The van der Waals surface area contributed by atoms with Crippen molar-refractivity contribution in [2.24, 2.45) is 0 Å². The maximum Gasteiger partial charge on any atom is 0.240 e. The highest BCUT2D eigenvalue weighted by Crippen LogP contribution is 2.24. The number of aromatic nitrogens is 1. The van der Waals surface area contributed by atoms with Gasteiger partial charge in [0.15, 0.2) is 15.7 Å². The van der Waals surface area contributed by atoms with Crippen molar-refractivity contribution in [3.8, 4) is 11.3 Å². The summed E-state index contributed by atoms with van der Waals surface area (Å²) < 4.78 is 56.8. The standard InChI is InChI=1S/C19H25N3O5S2/c1-14-20-19(12-27-14)15-2-4-18(5-3-15)29(25,26)21-16-6-9-22(10-7-16)17-8-11-28(23,24)13-17/h2-5,12,16-17,21H,6-11,13H2,1H3. The molecule has 3 heterocycles. The lowest BCUT2D eigenvalue weighted by Gasteiger charge is -2.35. The molecular formula is C19H25N3O5S2. The molecule has 2 aliphatic heterocycles. The summed E-state index contributed by atoms with van der Waals surface area (Å²) in [6.07, 6.45) is 3.56. The molecule has 4 rings (SSSR count). The predicted molar refractivity (Wildman–Crippen MR) is 109 cm³/mol. The summed E-state index contributed by atoms with van der Waals surface area (Å²) in [7, 11) is -6.53. The van der Waals surface area contributed by atoms with Crippen LogP contribution in [0.5, 0.6) is 0 Å². The third-order valence-corrected chi connectivity index (χ3v) is 8.94. The molecule has 1 atom stereocenters. The predicted octanol–water partition coefficient (Wildman–Crippen LogP) is 1.58. The van der Waals surface area contributed by atoms with E-state index in [1.54, 1.807) is 37.5 Å². The number of piperidine rings is 1. The molecule has 2 saturated heterocycles. The quantitative estimate of drug-likeness (QED) is 0.753. The van der Waals surface area contributed by atoms with Crippen LogP contribution >= 0.6 is 0 Å². The van der Waals surface area contributed by atoms with E-state index >= 15 is 0 Å². The van der Waals surface area contributed by atoms with Gasteiger partial charge in [0.1, 0.15) is 12.0 Å². The van der Waals surface area contributed by atoms with Gasteiger partial charge < -0.3 is 4.42 Å². The molecule has 0 saturated carbocycles. The third-order valence-electron chi connectivity index (χ3n) is 5.66. The fourth-order valence-electron chi connectivity index (χ4n) is 4.03. The van der Waals surface area contributed by atoms with Gasteiger partial charge in [-0.1, -0.05) is 12.1 Å². The summed E-state index contributed by atoms with van der Waals surface area (Å²) in [5, 5.41) is 0. The summed E-state index contributed by atoms with van der Waals surface area (Å²) >= 11 is 0. The van der Waals surface area contributed by atoms with Crippen molar-refractivity contribution in [1.82, 2.24) is 14.6 Å². The Kier molecular flexibility index (Phi) is 5.54. The molecule has 8 nitrogen and oxygen atoms in total. The van der Waals surface area contributed by atoms with Crippen molar-refractivity contribution in [3.63, 3.8) is 0 Å². The summed E-state index contributed by atoms with van der Waals surface area (Å²) in [6.45, 7) is 3.17. The number of benzene rings is 1. The maximum absolute atomic E-state index is 12.7. The van der Waals surface area contributed by atoms with Crippen LogP contribution < -0.4 is 4.72 Å². The Morgan fingerprint density at radius 2 is 1.83 bits per heavy atom. The molecular weight excluding hydrogens is 414 g/mol. The summed E-state index contributed by atoms with van der Waals surface area (Å²) in [5.74, 6) is 1.04. The van der Waals surface area contributed by atoms with Gasteiger partial charge in [-0.2, -0.15) is 0 Å². The van der Waals surface area contributed by atoms with Gasteiger partial charge in [0.25, 0.3) is 0 Å². The van der Waals surface area contributed by atoms with E-state index < -0.39 is 19.9 Å². The van der Waals surface area contributed by atoms with Crippen LogP contribution in [0.25, 0.3) is 11.3 Å². The van der Waals surface area contributed by atoms with Gasteiger partial charge in [-0.05, 0) is 44.5 Å². The monoisotopic (exact) mass is 439 g/mol. The van der Waals surface area contributed by atoms with Gasteiger partial charge in [0, 0.05) is 24.6 Å². The molecule has 0 radical (unpaired) electrons. The smallest absolute Gasteiger partial charge is 0.240 e. The molecule has 2 aromatic rings. The van der Waals surface area contributed by atoms with Crippen LogP contribution in [-0.4, -0.2) is 63.4 Å². The minimum atomic E-state index is -3.62. The lowest BCUT2D eigenvalue weighted by atomic mass is 10.0. The number of rotatable bonds is 5. The number of hydrogen-bond acceptors (Lipinski definition) is 7. The molecule has 2 aliphatic rings. The van der Waals surface area contributed by atoms with E-state index in [0.29, 0.717) is 43.9 Å². The molecule has 1 aromatic heterocycles. The van der Waals surface area contributed by atoms with Gasteiger partial charge in [-0.25, -0.2) is 26.5 Å². The lowest BCUT2D eigenvalue weighted by Crippen LogP contribution is -2.48. The van der Waals surface area contributed by atoms with Gasteiger partial charge >= 0.3 is 0 Å². The topological polar surface area (TPSA) is 110 Å². The first kappa shape index (κ1) is 20.5. The highest BCUT2D eigenvalue weighted by molar-refractivity contribution is 7.91. The number of nitrogens with zero attached hydrogens (tertiary/aromatic N) is 2. The van der Waals surface area contributed by atoms with Crippen LogP contribution in [0.1, 0.15) is 25.2 Å². The zero-order chi connectivity index (χ0) is 20.6. The first-order chi connectivity index (χ1) is 13.7. The number of aryl methyl sites for hydroxylation is 1. The number of nitrogens with one attached hydrogen (secondary N) is 1. The van der Waals surface area contributed by atoms with E-state index in [0.717, 1.165) is 5.56 Å². The molecule has 0 aliphatic carbocycles. The summed E-state index contributed by atoms with van der Waals surface area (Å²) in [5.41, 5.74) is 1.46. The van der Waals surface area contributed by atoms with Crippen molar-refractivity contribution in [1.29, 1.82) is 0 Å². The minimum absolute atomic E-state index is 0.0743. The van der Waals surface area contributed by atoms with Crippen LogP contribution in [0.4, 0.5) is 0 Å². The molecule has 2 fully saturated rings. The lowest BCUT2D eigenvalue weighted by molar-refractivity contribution is 0.161. The fraction of sp³-hybridized carbons (Fsp3) is 0.526. The highest BCUT2D eigenvalue weighted by Gasteiger charge is 2.34. The molecule has 1 unspecified atom stereocenters. The van der Waals surface area contributed by atoms with E-state index in [1.807, 2.05) is 0 Å². The van der Waals surface area contributed by atoms with Crippen LogP contribution in [0.3, 0.4) is 0 Å². The Bertz CT molecular complexity index is 1070. The Hall–Kier alpha value is -1.75. The highest BCUT2D eigenvalue weighted by atomic mass is 32.2. The van der Waals surface area contributed by atoms with E-state index in [2.05, 4.69) is 14.6 Å². The van der Waals surface area contributed by atoms with Crippen LogP contribution in [0.15, 0.2) is 39.8 Å². The van der Waals surface area contributed by atoms with Crippen molar-refractivity contribution >= 4 is 19.9 Å². The summed E-state index contributed by atoms with van der Waals surface area (Å²) in [4.78, 5) is 6.64. The molecule has 10 heteroatoms. The van der Waals surface area contributed by atoms with Crippen LogP contribution in [0.2, 0.25) is 0 Å². The molecule has 0 bridgehead atoms. The van der Waals surface area contributed by atoms with Crippen molar-refractivity contribution in [2.75, 3.05) is 24.6 Å². The minimum Gasteiger partial charge on any atom is -0.449 e. The molecule has 1 aromatic carbocycles. The number of likely N-dealkylation sites (tertiary alicyclic amines) is 1. The number of sulfone groups is 1. The van der Waals surface area contributed by atoms with Gasteiger partial charge in [-0.3, -0.25) is 4.90 Å². The SMILES string of the molecule is Cc1nc(-c2ccc(S(=O)(=O)NC3CCN(C4CCS(=O)(=O)C4)CC3)cc2)co1. The third kappa shape index (κ3) is 4.71. The number of sulfonamides is 1. The van der Waals surface area contributed by atoms with Crippen LogP contribution in [-0.2, 0) is 19.9 Å². The first-order valence-corrected chi connectivity index (χ1v) is 13.0. The largest absolute Gasteiger partial charge is 0.449 e. The molecule has 1 N–H and O–H groups in total. The fourth-order valence-corrected chi connectivity index (χ4v) is 7.10. The Labute approximate surface area is 171 Å². The van der Waals surface area contributed by atoms with E-state index in [1.165, 1.54) is 0 Å². The first-order valence-electron chi connectivity index (χ1n) is 9.71. The molecule has 0 spiro atoms. The second-order valence-corrected chi connectivity index (χ2v) is 11.7. The maximum atomic E-state index is 12.7. The van der Waals surface area contributed by atoms with E-state index in [4.69, 9.17) is 4.42 Å². The molecule has 0 amide bonds. The summed E-state index contributed by atoms with van der Waals surface area (Å²) in [6, 6.07) is 6.50. The Morgan fingerprint density at radius 1 is 1.14 bits per heavy atom. The number of oxazole rings is 1. The zero-order valence-electron chi connectivity index (χ0n) is 16.2. The van der Waals surface area contributed by atoms with E-state index in [-0.39, 0.29) is 28.5 Å². The normalized spacial score (nSPS) is 23.4. The Morgan fingerprint density at radius 3 is 2.38 bits per heavy atom. The van der Waals surface area contributed by atoms with Crippen molar-refractivity contribution < 1.29 is 21.3 Å². The average molecular weight is 440 g/mol. The van der Waals surface area contributed by atoms with Gasteiger partial charge in [-0.15, -0.1) is 0 Å². The van der Waals surface area contributed by atoms with Gasteiger partial charge in [0.2, 0.25) is 10.0 Å². The Balaban J connectivity index is 1.36. The second kappa shape index (κ2) is 7.82. The molecule has 29 heavy (non-hydrogen) atoms. The second-order valence-electron chi connectivity index (χ2n) is 7.76. The van der Waals surface area contributed by atoms with Crippen LogP contribution in [0, 0.1) is 6.92 Å². The van der Waals surface area contributed by atoms with Crippen molar-refractivity contribution in [2.45, 2.75) is 43.2 Å². The van der Waals surface area contributed by atoms with Gasteiger partial charge in [0.05, 0.1) is 16.4 Å². The van der Waals surface area contributed by atoms with E-state index in [9.17, 15) is 16.8 Å². The average Bonchev–Trinajstić information content (AvgIpc) is 3.27. The zero-order valence-corrected chi connectivity index (χ0v) is 17.9. The number of hydrogen-bond donors (Lipinski definition) is 1. The van der Waals surface area contributed by atoms with Crippen molar-refractivity contribution in [3.05, 3.63) is 36.4 Å². The molecule has 158 valence electrons.